The first kappa shape index (κ1) is 22.5. The lowest BCUT2D eigenvalue weighted by Crippen LogP contribution is -2.53. The van der Waals surface area contributed by atoms with Gasteiger partial charge in [0.2, 0.25) is 5.91 Å². The standard InChI is InChI=1S/C20H26N4O2.2ClH/c1-26-18-6-2-13(3-7-18)14-8-16-4-5-17(9-14)24(16)20(25)19(21)10-15-11-22-12-23-15;;/h2-3,6-7,11-12,14,16-17,19H,4-5,8-10,21H2,1H3,(H,22,23);2*1H/t14?,16-,17+,19-;;/m0../s1. The van der Waals surface area contributed by atoms with Crippen molar-refractivity contribution in [1.82, 2.24) is 14.9 Å². The molecule has 28 heavy (non-hydrogen) atoms. The molecule has 2 aromatic rings. The van der Waals surface area contributed by atoms with E-state index < -0.39 is 6.04 Å². The largest absolute Gasteiger partial charge is 0.497 e. The van der Waals surface area contributed by atoms with Crippen molar-refractivity contribution in [2.45, 2.75) is 56.1 Å². The second-order valence-corrected chi connectivity index (χ2v) is 7.46. The molecule has 0 radical (unpaired) electrons. The lowest BCUT2D eigenvalue weighted by Gasteiger charge is -2.40. The summed E-state index contributed by atoms with van der Waals surface area (Å²) < 4.78 is 5.26. The van der Waals surface area contributed by atoms with Gasteiger partial charge in [0.05, 0.1) is 19.5 Å². The van der Waals surface area contributed by atoms with Crippen molar-refractivity contribution in [3.8, 4) is 5.75 Å². The Hall–Kier alpha value is -1.76. The minimum atomic E-state index is -0.504. The van der Waals surface area contributed by atoms with Crippen LogP contribution in [0, 0.1) is 0 Å². The monoisotopic (exact) mass is 426 g/mol. The maximum absolute atomic E-state index is 13.0. The lowest BCUT2D eigenvalue weighted by molar-refractivity contribution is -0.137. The molecule has 4 atom stereocenters. The van der Waals surface area contributed by atoms with E-state index in [1.165, 1.54) is 5.56 Å². The molecule has 2 saturated heterocycles. The molecule has 8 heteroatoms. The minimum Gasteiger partial charge on any atom is -0.497 e. The lowest BCUT2D eigenvalue weighted by atomic mass is 9.84. The molecule has 1 aromatic carbocycles. The van der Waals surface area contributed by atoms with Crippen LogP contribution in [0.1, 0.15) is 42.9 Å². The van der Waals surface area contributed by atoms with E-state index in [1.54, 1.807) is 19.6 Å². The molecule has 2 fully saturated rings. The Morgan fingerprint density at radius 2 is 1.89 bits per heavy atom. The fourth-order valence-electron chi connectivity index (χ4n) is 4.60. The van der Waals surface area contributed by atoms with Crippen molar-refractivity contribution in [1.29, 1.82) is 0 Å². The number of nitrogens with zero attached hydrogens (tertiary/aromatic N) is 2. The quantitative estimate of drug-likeness (QED) is 0.768. The van der Waals surface area contributed by atoms with Gasteiger partial charge in [-0.1, -0.05) is 12.1 Å². The molecule has 2 aliphatic rings. The molecule has 154 valence electrons. The number of nitrogens with two attached hydrogens (primary N) is 1. The molecule has 4 rings (SSSR count). The number of halogens is 2. The highest BCUT2D eigenvalue weighted by Crippen LogP contribution is 2.43. The number of H-pyrrole nitrogens is 1. The molecule has 1 amide bonds. The van der Waals surface area contributed by atoms with Gasteiger partial charge >= 0.3 is 0 Å². The number of hydrogen-bond donors (Lipinski definition) is 2. The Bertz CT molecular complexity index is 740. The number of aromatic amines is 1. The van der Waals surface area contributed by atoms with E-state index in [0.717, 1.165) is 37.1 Å². The van der Waals surface area contributed by atoms with Gasteiger partial charge < -0.3 is 20.4 Å². The number of aromatic nitrogens is 2. The summed E-state index contributed by atoms with van der Waals surface area (Å²) in [6, 6.07) is 8.47. The number of rotatable bonds is 5. The summed E-state index contributed by atoms with van der Waals surface area (Å²) in [4.78, 5) is 22.1. The van der Waals surface area contributed by atoms with E-state index >= 15 is 0 Å². The van der Waals surface area contributed by atoms with Gasteiger partial charge in [0.1, 0.15) is 5.75 Å². The van der Waals surface area contributed by atoms with Crippen molar-refractivity contribution in [2.24, 2.45) is 5.73 Å². The van der Waals surface area contributed by atoms with Crippen molar-refractivity contribution in [3.63, 3.8) is 0 Å². The molecule has 2 bridgehead atoms. The summed E-state index contributed by atoms with van der Waals surface area (Å²) in [6.45, 7) is 0. The molecule has 0 aliphatic carbocycles. The van der Waals surface area contributed by atoms with Crippen LogP contribution in [0.3, 0.4) is 0 Å². The second kappa shape index (κ2) is 9.63. The number of benzene rings is 1. The first-order valence-corrected chi connectivity index (χ1v) is 9.34. The number of ether oxygens (including phenoxy) is 1. The maximum Gasteiger partial charge on any atom is 0.240 e. The summed E-state index contributed by atoms with van der Waals surface area (Å²) in [5.74, 6) is 1.47. The average molecular weight is 427 g/mol. The van der Waals surface area contributed by atoms with Gasteiger partial charge in [0, 0.05) is 30.4 Å². The van der Waals surface area contributed by atoms with Gasteiger partial charge in [-0.2, -0.15) is 0 Å². The third kappa shape index (κ3) is 4.45. The van der Waals surface area contributed by atoms with E-state index in [4.69, 9.17) is 10.5 Å². The van der Waals surface area contributed by atoms with E-state index in [2.05, 4.69) is 27.0 Å². The Kier molecular flexibility index (Phi) is 7.75. The van der Waals surface area contributed by atoms with Crippen molar-refractivity contribution < 1.29 is 9.53 Å². The fraction of sp³-hybridized carbons (Fsp3) is 0.500. The molecule has 3 N–H and O–H groups in total. The Labute approximate surface area is 178 Å². The van der Waals surface area contributed by atoms with Crippen molar-refractivity contribution in [2.75, 3.05) is 7.11 Å². The van der Waals surface area contributed by atoms with Crippen LogP contribution in [0.2, 0.25) is 0 Å². The highest BCUT2D eigenvalue weighted by molar-refractivity contribution is 5.85. The van der Waals surface area contributed by atoms with Crippen LogP contribution in [0.4, 0.5) is 0 Å². The third-order valence-electron chi connectivity index (χ3n) is 5.89. The molecular formula is C20H28Cl2N4O2. The van der Waals surface area contributed by atoms with Crippen LogP contribution in [0.15, 0.2) is 36.8 Å². The number of piperidine rings is 1. The van der Waals surface area contributed by atoms with Crippen molar-refractivity contribution in [3.05, 3.63) is 48.0 Å². The third-order valence-corrected chi connectivity index (χ3v) is 5.89. The van der Waals surface area contributed by atoms with Crippen LogP contribution in [0.5, 0.6) is 5.75 Å². The molecule has 1 unspecified atom stereocenters. The first-order valence-electron chi connectivity index (χ1n) is 9.34. The van der Waals surface area contributed by atoms with Crippen LogP contribution in [-0.4, -0.2) is 46.0 Å². The van der Waals surface area contributed by atoms with Gasteiger partial charge in [-0.15, -0.1) is 24.8 Å². The van der Waals surface area contributed by atoms with E-state index in [-0.39, 0.29) is 30.7 Å². The van der Waals surface area contributed by atoms with Crippen molar-refractivity contribution >= 4 is 30.7 Å². The molecule has 1 aromatic heterocycles. The Morgan fingerprint density at radius 1 is 1.25 bits per heavy atom. The Morgan fingerprint density at radius 3 is 2.43 bits per heavy atom. The van der Waals surface area contributed by atoms with E-state index in [1.807, 2.05) is 12.1 Å². The first-order chi connectivity index (χ1) is 12.7. The predicted octanol–water partition coefficient (Wildman–Crippen LogP) is 3.07. The number of hydrogen-bond acceptors (Lipinski definition) is 4. The Balaban J connectivity index is 0.00000140. The summed E-state index contributed by atoms with van der Waals surface area (Å²) >= 11 is 0. The highest BCUT2D eigenvalue weighted by Gasteiger charge is 2.44. The fourth-order valence-corrected chi connectivity index (χ4v) is 4.60. The zero-order valence-corrected chi connectivity index (χ0v) is 17.5. The number of carbonyl (C=O) groups excluding carboxylic acids is 1. The highest BCUT2D eigenvalue weighted by atomic mass is 35.5. The SMILES string of the molecule is COc1ccc(C2C[C@H]3CC[C@@H](C2)N3C(=O)[C@@H](N)Cc2cnc[nH]2)cc1.Cl.Cl. The molecule has 0 saturated carbocycles. The van der Waals surface area contributed by atoms with E-state index in [0.29, 0.717) is 24.4 Å². The smallest absolute Gasteiger partial charge is 0.240 e. The molecule has 6 nitrogen and oxygen atoms in total. The number of carbonyl (C=O) groups is 1. The van der Waals surface area contributed by atoms with E-state index in [9.17, 15) is 4.79 Å². The number of imidazole rings is 1. The number of methoxy groups -OCH3 is 1. The summed E-state index contributed by atoms with van der Waals surface area (Å²) in [7, 11) is 1.69. The predicted molar refractivity (Wildman–Crippen MR) is 113 cm³/mol. The molecule has 0 spiro atoms. The average Bonchev–Trinajstić information content (AvgIpc) is 3.26. The van der Waals surface area contributed by atoms with Gasteiger partial charge in [-0.05, 0) is 49.3 Å². The van der Waals surface area contributed by atoms with Crippen LogP contribution < -0.4 is 10.5 Å². The normalized spacial score (nSPS) is 24.1. The summed E-state index contributed by atoms with van der Waals surface area (Å²) in [5.41, 5.74) is 8.47. The number of amides is 1. The molecule has 2 aliphatic heterocycles. The number of fused-ring (bicyclic) bond motifs is 2. The minimum absolute atomic E-state index is 0. The van der Waals surface area contributed by atoms with Gasteiger partial charge in [0.15, 0.2) is 0 Å². The zero-order chi connectivity index (χ0) is 18.1. The van der Waals surface area contributed by atoms with Crippen LogP contribution in [0.25, 0.3) is 0 Å². The van der Waals surface area contributed by atoms with Gasteiger partial charge in [-0.3, -0.25) is 4.79 Å². The summed E-state index contributed by atoms with van der Waals surface area (Å²) in [5, 5.41) is 0. The van der Waals surface area contributed by atoms with Gasteiger partial charge in [0.25, 0.3) is 0 Å². The molecular weight excluding hydrogens is 399 g/mol. The van der Waals surface area contributed by atoms with Crippen LogP contribution >= 0.6 is 24.8 Å². The van der Waals surface area contributed by atoms with Crippen LogP contribution in [-0.2, 0) is 11.2 Å². The van der Waals surface area contributed by atoms with Gasteiger partial charge in [-0.25, -0.2) is 4.98 Å². The molecule has 3 heterocycles. The summed E-state index contributed by atoms with van der Waals surface area (Å²) in [6.07, 6.45) is 8.07. The second-order valence-electron chi connectivity index (χ2n) is 7.46. The topological polar surface area (TPSA) is 84.2 Å². The zero-order valence-electron chi connectivity index (χ0n) is 15.9. The number of nitrogens with one attached hydrogen (secondary N) is 1. The maximum atomic E-state index is 13.0.